The maximum Gasteiger partial charge on any atom is 0.420 e. The number of halogens is 6. The number of rotatable bonds is 7. The first kappa shape index (κ1) is 27.6. The van der Waals surface area contributed by atoms with Crippen LogP contribution < -0.4 is 4.74 Å². The van der Waals surface area contributed by atoms with Crippen molar-refractivity contribution >= 4 is 10.8 Å². The first-order chi connectivity index (χ1) is 17.5. The number of hydrogen-bond acceptors (Lipinski definition) is 3. The average Bonchev–Trinajstić information content (AvgIpc) is 2.84. The molecule has 9 heteroatoms. The Morgan fingerprint density at radius 1 is 0.946 bits per heavy atom. The Kier molecular flexibility index (Phi) is 8.31. The summed E-state index contributed by atoms with van der Waals surface area (Å²) in [7, 11) is 0. The second-order valence-electron chi connectivity index (χ2n) is 10.0. The van der Waals surface area contributed by atoms with Crippen molar-refractivity contribution in [1.29, 1.82) is 0 Å². The molecule has 204 valence electrons. The lowest BCUT2D eigenvalue weighted by Crippen LogP contribution is -2.34. The summed E-state index contributed by atoms with van der Waals surface area (Å²) < 4.78 is 93.7. The van der Waals surface area contributed by atoms with Crippen molar-refractivity contribution in [2.45, 2.75) is 70.4 Å². The van der Waals surface area contributed by atoms with Gasteiger partial charge in [0.05, 0.1) is 24.4 Å². The van der Waals surface area contributed by atoms with Crippen LogP contribution in [-0.2, 0) is 17.5 Å². The normalized spacial score (nSPS) is 22.2. The fourth-order valence-electron chi connectivity index (χ4n) is 5.59. The van der Waals surface area contributed by atoms with E-state index in [1.807, 2.05) is 6.92 Å². The zero-order valence-electron chi connectivity index (χ0n) is 20.9. The minimum Gasteiger partial charge on any atom is -0.499 e. The smallest absolute Gasteiger partial charge is 0.420 e. The van der Waals surface area contributed by atoms with Gasteiger partial charge in [0.15, 0.2) is 0 Å². The molecule has 1 saturated heterocycles. The molecule has 0 N–H and O–H groups in total. The van der Waals surface area contributed by atoms with Crippen molar-refractivity contribution in [2.75, 3.05) is 19.7 Å². The Morgan fingerprint density at radius 2 is 1.62 bits per heavy atom. The Morgan fingerprint density at radius 3 is 2.22 bits per heavy atom. The topological polar surface area (TPSA) is 21.7 Å². The van der Waals surface area contributed by atoms with Gasteiger partial charge in [0.1, 0.15) is 11.3 Å². The van der Waals surface area contributed by atoms with Gasteiger partial charge in [-0.1, -0.05) is 30.8 Å². The number of ether oxygens (including phenoxy) is 2. The highest BCUT2D eigenvalue weighted by atomic mass is 19.4. The highest BCUT2D eigenvalue weighted by Crippen LogP contribution is 2.45. The van der Waals surface area contributed by atoms with Crippen LogP contribution >= 0.6 is 0 Å². The molecule has 1 heterocycles. The van der Waals surface area contributed by atoms with E-state index in [0.29, 0.717) is 37.2 Å². The molecule has 2 aliphatic rings. The van der Waals surface area contributed by atoms with Gasteiger partial charge in [-0.15, -0.1) is 0 Å². The number of piperidine rings is 1. The molecule has 0 spiro atoms. The number of likely N-dealkylation sites (tertiary alicyclic amines) is 1. The Balaban J connectivity index is 1.56. The second kappa shape index (κ2) is 11.1. The number of fused-ring (bicyclic) bond motifs is 1. The van der Waals surface area contributed by atoms with Gasteiger partial charge >= 0.3 is 12.4 Å². The zero-order valence-corrected chi connectivity index (χ0v) is 20.9. The quantitative estimate of drug-likeness (QED) is 0.267. The van der Waals surface area contributed by atoms with Crippen LogP contribution in [0.2, 0.25) is 0 Å². The van der Waals surface area contributed by atoms with Gasteiger partial charge in [0.25, 0.3) is 0 Å². The predicted octanol–water partition coefficient (Wildman–Crippen LogP) is 8.12. The fourth-order valence-corrected chi connectivity index (χ4v) is 5.59. The Hall–Kier alpha value is -2.42. The highest BCUT2D eigenvalue weighted by molar-refractivity contribution is 5.91. The summed E-state index contributed by atoms with van der Waals surface area (Å²) in [6.07, 6.45) is -8.13. The van der Waals surface area contributed by atoms with Gasteiger partial charge in [0, 0.05) is 17.8 Å². The van der Waals surface area contributed by atoms with Gasteiger partial charge < -0.3 is 9.47 Å². The molecule has 0 amide bonds. The predicted molar refractivity (Wildman–Crippen MR) is 130 cm³/mol. The summed E-state index contributed by atoms with van der Waals surface area (Å²) in [4.78, 5) is 2.14. The molecule has 1 saturated carbocycles. The van der Waals surface area contributed by atoms with Crippen LogP contribution in [-0.4, -0.2) is 36.9 Å². The maximum atomic E-state index is 14.5. The van der Waals surface area contributed by atoms with E-state index in [0.717, 1.165) is 18.6 Å². The Bertz CT molecular complexity index is 1080. The number of nitrogens with zero attached hydrogens (tertiary/aromatic N) is 1. The van der Waals surface area contributed by atoms with Crippen molar-refractivity contribution in [3.63, 3.8) is 0 Å². The van der Waals surface area contributed by atoms with Gasteiger partial charge in [-0.25, -0.2) is 0 Å². The molecule has 0 radical (unpaired) electrons. The van der Waals surface area contributed by atoms with E-state index < -0.39 is 29.9 Å². The number of benzene rings is 2. The van der Waals surface area contributed by atoms with Crippen molar-refractivity contribution in [1.82, 2.24) is 4.90 Å². The largest absolute Gasteiger partial charge is 0.499 e. The van der Waals surface area contributed by atoms with E-state index in [1.165, 1.54) is 6.07 Å². The van der Waals surface area contributed by atoms with Crippen molar-refractivity contribution < 1.29 is 35.8 Å². The summed E-state index contributed by atoms with van der Waals surface area (Å²) in [5, 5.41) is 0.551. The average molecular weight is 530 g/mol. The number of hydrogen-bond donors (Lipinski definition) is 0. The molecule has 2 aromatic rings. The summed E-state index contributed by atoms with van der Waals surface area (Å²) in [5.41, 5.74) is -0.295. The summed E-state index contributed by atoms with van der Waals surface area (Å²) >= 11 is 0. The van der Waals surface area contributed by atoms with E-state index in [9.17, 15) is 26.3 Å². The molecule has 37 heavy (non-hydrogen) atoms. The summed E-state index contributed by atoms with van der Waals surface area (Å²) in [6, 6.07) is 8.00. The minimum atomic E-state index is -4.68. The van der Waals surface area contributed by atoms with Crippen LogP contribution in [0.4, 0.5) is 26.3 Å². The molecule has 4 rings (SSSR count). The minimum absolute atomic E-state index is 0.0726. The van der Waals surface area contributed by atoms with Crippen LogP contribution in [0.1, 0.15) is 56.6 Å². The number of allylic oxidation sites excluding steroid dienone is 1. The molecule has 1 aliphatic carbocycles. The van der Waals surface area contributed by atoms with Crippen LogP contribution in [0.5, 0.6) is 5.75 Å². The van der Waals surface area contributed by atoms with E-state index in [4.69, 9.17) is 9.47 Å². The first-order valence-electron chi connectivity index (χ1n) is 12.9. The van der Waals surface area contributed by atoms with Gasteiger partial charge in [-0.3, -0.25) is 4.90 Å². The molecule has 0 atom stereocenters. The third-order valence-electron chi connectivity index (χ3n) is 7.57. The molecular weight excluding hydrogens is 496 g/mol. The van der Waals surface area contributed by atoms with Gasteiger partial charge in [-0.2, -0.15) is 26.3 Å². The van der Waals surface area contributed by atoms with E-state index >= 15 is 0 Å². The van der Waals surface area contributed by atoms with Crippen LogP contribution in [0.25, 0.3) is 10.8 Å². The second-order valence-corrected chi connectivity index (χ2v) is 10.0. The van der Waals surface area contributed by atoms with Crippen LogP contribution in [0, 0.1) is 11.8 Å². The van der Waals surface area contributed by atoms with E-state index in [-0.39, 0.29) is 42.7 Å². The zero-order chi connectivity index (χ0) is 26.8. The Labute approximate surface area is 213 Å². The third kappa shape index (κ3) is 6.54. The SMILES string of the molecule is C=C(OCC)C1CCN(Cc2cccc3ccc(OC4CCC(C(F)(F)F)CC4)c(C(F)(F)F)c23)CC1. The molecule has 0 aromatic heterocycles. The van der Waals surface area contributed by atoms with Crippen LogP contribution in [0.3, 0.4) is 0 Å². The summed E-state index contributed by atoms with van der Waals surface area (Å²) in [5.74, 6) is -0.735. The first-order valence-corrected chi connectivity index (χ1v) is 12.9. The standard InChI is InChI=1S/C28H33F6NO2/c1-3-36-18(2)19-13-15-35(16-14-19)17-21-6-4-5-20-7-12-24(26(25(20)21)28(32,33)34)37-23-10-8-22(9-11-23)27(29,30)31/h4-7,12,19,22-23H,2-3,8-11,13-17H2,1H3. The fraction of sp³-hybridized carbons (Fsp3) is 0.571. The lowest BCUT2D eigenvalue weighted by atomic mass is 9.87. The maximum absolute atomic E-state index is 14.5. The molecule has 1 aliphatic heterocycles. The van der Waals surface area contributed by atoms with Crippen molar-refractivity contribution in [3.05, 3.63) is 53.8 Å². The molecule has 2 aromatic carbocycles. The van der Waals surface area contributed by atoms with E-state index in [1.54, 1.807) is 24.3 Å². The van der Waals surface area contributed by atoms with Gasteiger partial charge in [-0.05, 0) is 75.6 Å². The molecule has 0 bridgehead atoms. The monoisotopic (exact) mass is 529 g/mol. The molecule has 3 nitrogen and oxygen atoms in total. The van der Waals surface area contributed by atoms with Crippen LogP contribution in [0.15, 0.2) is 42.7 Å². The van der Waals surface area contributed by atoms with Crippen molar-refractivity contribution in [3.8, 4) is 5.75 Å². The lowest BCUT2D eigenvalue weighted by molar-refractivity contribution is -0.185. The van der Waals surface area contributed by atoms with Crippen molar-refractivity contribution in [2.24, 2.45) is 11.8 Å². The molecule has 2 fully saturated rings. The highest BCUT2D eigenvalue weighted by Gasteiger charge is 2.43. The molecular formula is C28H33F6NO2. The summed E-state index contributed by atoms with van der Waals surface area (Å²) in [6.45, 7) is 8.25. The van der Waals surface area contributed by atoms with Gasteiger partial charge in [0.2, 0.25) is 0 Å². The number of alkyl halides is 6. The van der Waals surface area contributed by atoms with E-state index in [2.05, 4.69) is 11.5 Å². The lowest BCUT2D eigenvalue weighted by Gasteiger charge is -2.33. The molecule has 0 unspecified atom stereocenters. The third-order valence-corrected chi connectivity index (χ3v) is 7.57.